The van der Waals surface area contributed by atoms with Gasteiger partial charge in [-0.05, 0) is 39.7 Å². The molecule has 0 saturated heterocycles. The summed E-state index contributed by atoms with van der Waals surface area (Å²) in [5.41, 5.74) is 0.731. The molecule has 3 aromatic carbocycles. The zero-order valence-corrected chi connectivity index (χ0v) is 9.74. The third-order valence-corrected chi connectivity index (χ3v) is 3.22. The van der Waals surface area contributed by atoms with E-state index in [0.717, 1.165) is 33.4 Å². The van der Waals surface area contributed by atoms with Crippen LogP contribution in [0.15, 0.2) is 48.5 Å². The lowest BCUT2D eigenvalue weighted by Crippen LogP contribution is -1.87. The average molecular weight is 241 g/mol. The Kier molecular flexibility index (Phi) is 2.34. The van der Waals surface area contributed by atoms with Crippen LogP contribution in [0.4, 0.5) is 0 Å². The van der Waals surface area contributed by atoms with E-state index in [-0.39, 0.29) is 0 Å². The Morgan fingerprint density at radius 2 is 1.65 bits per heavy atom. The lowest BCUT2D eigenvalue weighted by molar-refractivity contribution is 0.112. The van der Waals surface area contributed by atoms with Crippen molar-refractivity contribution in [3.63, 3.8) is 0 Å². The number of carbonyl (C=O) groups excluding carboxylic acids is 1. The minimum atomic E-state index is 0.685. The van der Waals surface area contributed by atoms with Crippen molar-refractivity contribution in [2.75, 3.05) is 0 Å². The Bertz CT molecular complexity index is 731. The van der Waals surface area contributed by atoms with Crippen LogP contribution >= 0.6 is 11.6 Å². The molecule has 0 bridgehead atoms. The Morgan fingerprint density at radius 1 is 0.882 bits per heavy atom. The van der Waals surface area contributed by atoms with E-state index >= 15 is 0 Å². The van der Waals surface area contributed by atoms with Crippen molar-refractivity contribution in [2.45, 2.75) is 0 Å². The third kappa shape index (κ3) is 1.60. The second-order valence-electron chi connectivity index (χ2n) is 3.99. The molecule has 0 heterocycles. The summed E-state index contributed by atoms with van der Waals surface area (Å²) in [6.45, 7) is 0. The Labute approximate surface area is 104 Å². The van der Waals surface area contributed by atoms with E-state index in [1.165, 1.54) is 0 Å². The van der Waals surface area contributed by atoms with Crippen LogP contribution in [0.2, 0.25) is 5.02 Å². The number of aldehydes is 1. The molecule has 0 aliphatic heterocycles. The van der Waals surface area contributed by atoms with Gasteiger partial charge in [0.05, 0.1) is 0 Å². The summed E-state index contributed by atoms with van der Waals surface area (Å²) in [5, 5.41) is 4.67. The summed E-state index contributed by atoms with van der Waals surface area (Å²) in [7, 11) is 0. The molecule has 1 nitrogen and oxygen atoms in total. The molecule has 3 rings (SSSR count). The Balaban J connectivity index is 2.58. The van der Waals surface area contributed by atoms with Crippen molar-refractivity contribution >= 4 is 39.4 Å². The van der Waals surface area contributed by atoms with Gasteiger partial charge in [0, 0.05) is 10.6 Å². The molecule has 0 atom stereocenters. The first kappa shape index (κ1) is 10.3. The number of rotatable bonds is 1. The molecule has 0 spiro atoms. The summed E-state index contributed by atoms with van der Waals surface area (Å²) >= 11 is 5.98. The minimum absolute atomic E-state index is 0.685. The van der Waals surface area contributed by atoms with Crippen LogP contribution in [0.3, 0.4) is 0 Å². The largest absolute Gasteiger partial charge is 0.298 e. The summed E-state index contributed by atoms with van der Waals surface area (Å²) in [4.78, 5) is 11.3. The van der Waals surface area contributed by atoms with Crippen LogP contribution in [0.5, 0.6) is 0 Å². The monoisotopic (exact) mass is 240 g/mol. The van der Waals surface area contributed by atoms with Crippen molar-refractivity contribution in [2.24, 2.45) is 0 Å². The highest BCUT2D eigenvalue weighted by Gasteiger charge is 2.06. The molecule has 0 aromatic heterocycles. The van der Waals surface area contributed by atoms with Crippen molar-refractivity contribution in [1.82, 2.24) is 0 Å². The van der Waals surface area contributed by atoms with Gasteiger partial charge in [-0.3, -0.25) is 4.79 Å². The van der Waals surface area contributed by atoms with Crippen LogP contribution in [-0.2, 0) is 0 Å². The lowest BCUT2D eigenvalue weighted by Gasteiger charge is -2.06. The van der Waals surface area contributed by atoms with Gasteiger partial charge in [0.25, 0.3) is 0 Å². The molecular weight excluding hydrogens is 232 g/mol. The molecule has 0 saturated carbocycles. The van der Waals surface area contributed by atoms with Crippen LogP contribution in [0.1, 0.15) is 10.4 Å². The summed E-state index contributed by atoms with van der Waals surface area (Å²) < 4.78 is 0. The minimum Gasteiger partial charge on any atom is -0.298 e. The molecular formula is C15H9ClO. The highest BCUT2D eigenvalue weighted by atomic mass is 35.5. The van der Waals surface area contributed by atoms with E-state index in [9.17, 15) is 4.79 Å². The Morgan fingerprint density at radius 3 is 2.47 bits per heavy atom. The molecule has 0 N–H and O–H groups in total. The van der Waals surface area contributed by atoms with Crippen LogP contribution < -0.4 is 0 Å². The number of carbonyl (C=O) groups is 1. The topological polar surface area (TPSA) is 17.1 Å². The van der Waals surface area contributed by atoms with E-state index in [2.05, 4.69) is 6.07 Å². The molecule has 0 aliphatic rings. The van der Waals surface area contributed by atoms with Crippen LogP contribution in [0.25, 0.3) is 21.5 Å². The molecule has 0 unspecified atom stereocenters. The fraction of sp³-hybridized carbons (Fsp3) is 0. The first-order valence-corrected chi connectivity index (χ1v) is 5.73. The van der Waals surface area contributed by atoms with Gasteiger partial charge in [0.1, 0.15) is 0 Å². The fourth-order valence-corrected chi connectivity index (χ4v) is 2.39. The molecule has 0 aliphatic carbocycles. The van der Waals surface area contributed by atoms with Gasteiger partial charge >= 0.3 is 0 Å². The van der Waals surface area contributed by atoms with Gasteiger partial charge in [-0.1, -0.05) is 41.9 Å². The SMILES string of the molecule is O=Cc1c2ccccc2cc2cc(Cl)ccc12. The number of hydrogen-bond donors (Lipinski definition) is 0. The third-order valence-electron chi connectivity index (χ3n) is 2.98. The maximum absolute atomic E-state index is 11.3. The van der Waals surface area contributed by atoms with Crippen molar-refractivity contribution in [3.05, 3.63) is 59.1 Å². The van der Waals surface area contributed by atoms with E-state index < -0.39 is 0 Å². The summed E-state index contributed by atoms with van der Waals surface area (Å²) in [6.07, 6.45) is 0.915. The summed E-state index contributed by atoms with van der Waals surface area (Å²) in [6, 6.07) is 15.5. The molecule has 17 heavy (non-hydrogen) atoms. The number of halogens is 1. The molecule has 0 amide bonds. The lowest BCUT2D eigenvalue weighted by atomic mass is 9.98. The van der Waals surface area contributed by atoms with E-state index in [4.69, 9.17) is 11.6 Å². The highest BCUT2D eigenvalue weighted by molar-refractivity contribution is 6.31. The van der Waals surface area contributed by atoms with Crippen LogP contribution in [0, 0.1) is 0 Å². The number of fused-ring (bicyclic) bond motifs is 2. The smallest absolute Gasteiger partial charge is 0.151 e. The van der Waals surface area contributed by atoms with Gasteiger partial charge in [-0.25, -0.2) is 0 Å². The van der Waals surface area contributed by atoms with Gasteiger partial charge in [0.2, 0.25) is 0 Å². The number of hydrogen-bond acceptors (Lipinski definition) is 1. The first-order valence-electron chi connectivity index (χ1n) is 5.36. The second-order valence-corrected chi connectivity index (χ2v) is 4.43. The van der Waals surface area contributed by atoms with E-state index in [1.54, 1.807) is 0 Å². The Hall–Kier alpha value is -1.86. The molecule has 2 heteroatoms. The predicted octanol–water partition coefficient (Wildman–Crippen LogP) is 4.46. The second kappa shape index (κ2) is 3.86. The molecule has 0 radical (unpaired) electrons. The predicted molar refractivity (Wildman–Crippen MR) is 71.9 cm³/mol. The molecule has 82 valence electrons. The normalized spacial score (nSPS) is 10.9. The summed E-state index contributed by atoms with van der Waals surface area (Å²) in [5.74, 6) is 0. The first-order chi connectivity index (χ1) is 8.29. The maximum Gasteiger partial charge on any atom is 0.151 e. The highest BCUT2D eigenvalue weighted by Crippen LogP contribution is 2.29. The molecule has 0 fully saturated rings. The maximum atomic E-state index is 11.3. The zero-order chi connectivity index (χ0) is 11.8. The quantitative estimate of drug-likeness (QED) is 0.453. The molecule has 3 aromatic rings. The van der Waals surface area contributed by atoms with Gasteiger partial charge in [0.15, 0.2) is 6.29 Å². The van der Waals surface area contributed by atoms with Crippen molar-refractivity contribution in [1.29, 1.82) is 0 Å². The van der Waals surface area contributed by atoms with Gasteiger partial charge < -0.3 is 0 Å². The fourth-order valence-electron chi connectivity index (χ4n) is 2.21. The zero-order valence-electron chi connectivity index (χ0n) is 8.98. The van der Waals surface area contributed by atoms with Crippen LogP contribution in [-0.4, -0.2) is 6.29 Å². The van der Waals surface area contributed by atoms with Gasteiger partial charge in [-0.2, -0.15) is 0 Å². The number of benzene rings is 3. The standard InChI is InChI=1S/C15H9ClO/c16-12-5-6-14-11(8-12)7-10-3-1-2-4-13(10)15(14)9-17/h1-9H. The van der Waals surface area contributed by atoms with Crippen molar-refractivity contribution < 1.29 is 4.79 Å². The average Bonchev–Trinajstić information content (AvgIpc) is 2.35. The van der Waals surface area contributed by atoms with Crippen molar-refractivity contribution in [3.8, 4) is 0 Å². The van der Waals surface area contributed by atoms with E-state index in [0.29, 0.717) is 5.02 Å². The van der Waals surface area contributed by atoms with E-state index in [1.807, 2.05) is 42.5 Å². The van der Waals surface area contributed by atoms with Gasteiger partial charge in [-0.15, -0.1) is 0 Å².